The molecule has 0 saturated carbocycles. The van der Waals surface area contributed by atoms with Crippen molar-refractivity contribution >= 4 is 45.9 Å². The molecule has 1 saturated heterocycles. The Balaban J connectivity index is 0.00000180. The van der Waals surface area contributed by atoms with Crippen LogP contribution >= 0.6 is 39.9 Å². The maximum Gasteiger partial charge on any atom is 0.323 e. The predicted molar refractivity (Wildman–Crippen MR) is 79.2 cm³/mol. The van der Waals surface area contributed by atoms with E-state index in [2.05, 4.69) is 26.0 Å². The topological polar surface area (TPSA) is 47.6 Å². The molecule has 4 nitrogen and oxygen atoms in total. The van der Waals surface area contributed by atoms with E-state index in [0.717, 1.165) is 10.2 Å². The minimum absolute atomic E-state index is 0. The summed E-state index contributed by atoms with van der Waals surface area (Å²) >= 11 is 9.25. The highest BCUT2D eigenvalue weighted by Gasteiger charge is 2.31. The van der Waals surface area contributed by atoms with Crippen molar-refractivity contribution in [3.63, 3.8) is 0 Å². The molecule has 7 heteroatoms. The summed E-state index contributed by atoms with van der Waals surface area (Å²) in [7, 11) is 1.38. The van der Waals surface area contributed by atoms with Crippen LogP contribution in [-0.2, 0) is 9.53 Å². The second-order valence-electron chi connectivity index (χ2n) is 4.03. The van der Waals surface area contributed by atoms with Gasteiger partial charge in [-0.25, -0.2) is 0 Å². The molecule has 0 aliphatic carbocycles. The largest absolute Gasteiger partial charge is 0.488 e. The van der Waals surface area contributed by atoms with Gasteiger partial charge in [0, 0.05) is 18.0 Å². The average molecular weight is 371 g/mol. The maximum absolute atomic E-state index is 11.4. The molecule has 1 aromatic carbocycles. The van der Waals surface area contributed by atoms with E-state index < -0.39 is 0 Å². The maximum atomic E-state index is 11.4. The molecule has 1 aliphatic rings. The molecule has 106 valence electrons. The fourth-order valence-corrected chi connectivity index (χ4v) is 2.64. The van der Waals surface area contributed by atoms with Crippen LogP contribution in [0.5, 0.6) is 5.75 Å². The summed E-state index contributed by atoms with van der Waals surface area (Å²) in [5.41, 5.74) is 0. The quantitative estimate of drug-likeness (QED) is 0.831. The molecule has 1 N–H and O–H groups in total. The van der Waals surface area contributed by atoms with Crippen LogP contribution in [0.15, 0.2) is 22.7 Å². The van der Waals surface area contributed by atoms with Crippen molar-refractivity contribution in [2.45, 2.75) is 18.6 Å². The molecule has 2 atom stereocenters. The Bertz CT molecular complexity index is 459. The normalized spacial score (nSPS) is 21.6. The van der Waals surface area contributed by atoms with Gasteiger partial charge in [-0.05, 0) is 34.1 Å². The highest BCUT2D eigenvalue weighted by atomic mass is 79.9. The van der Waals surface area contributed by atoms with Crippen molar-refractivity contribution in [2.75, 3.05) is 13.7 Å². The van der Waals surface area contributed by atoms with E-state index >= 15 is 0 Å². The molecular formula is C12H14BrCl2NO3. The number of carbonyl (C=O) groups excluding carboxylic acids is 1. The zero-order valence-electron chi connectivity index (χ0n) is 10.2. The fourth-order valence-electron chi connectivity index (χ4n) is 1.87. The lowest BCUT2D eigenvalue weighted by atomic mass is 10.2. The molecule has 1 fully saturated rings. The number of hydrogen-bond donors (Lipinski definition) is 1. The second-order valence-corrected chi connectivity index (χ2v) is 5.33. The van der Waals surface area contributed by atoms with Crippen molar-refractivity contribution in [1.29, 1.82) is 0 Å². The van der Waals surface area contributed by atoms with E-state index in [9.17, 15) is 4.79 Å². The zero-order chi connectivity index (χ0) is 13.1. The summed E-state index contributed by atoms with van der Waals surface area (Å²) in [5, 5.41) is 3.71. The first-order valence-corrected chi connectivity index (χ1v) is 6.70. The SMILES string of the molecule is COC(=O)[C@@H]1C[C@H](Oc2ccc(Cl)cc2Br)CN1.Cl. The summed E-state index contributed by atoms with van der Waals surface area (Å²) in [6, 6.07) is 5.06. The summed E-state index contributed by atoms with van der Waals surface area (Å²) < 4.78 is 11.3. The molecule has 2 rings (SSSR count). The summed E-state index contributed by atoms with van der Waals surface area (Å²) in [6.45, 7) is 0.620. The fraction of sp³-hybridized carbons (Fsp3) is 0.417. The molecule has 0 bridgehead atoms. The van der Waals surface area contributed by atoms with Gasteiger partial charge in [0.15, 0.2) is 0 Å². The first kappa shape index (κ1) is 16.6. The summed E-state index contributed by atoms with van der Waals surface area (Å²) in [6.07, 6.45) is 0.549. The van der Waals surface area contributed by atoms with Crippen LogP contribution < -0.4 is 10.1 Å². The van der Waals surface area contributed by atoms with Gasteiger partial charge in [-0.2, -0.15) is 0 Å². The molecule has 19 heavy (non-hydrogen) atoms. The lowest BCUT2D eigenvalue weighted by Crippen LogP contribution is -2.31. The molecule has 0 unspecified atom stereocenters. The number of ether oxygens (including phenoxy) is 2. The van der Waals surface area contributed by atoms with E-state index in [1.165, 1.54) is 7.11 Å². The van der Waals surface area contributed by atoms with Gasteiger partial charge in [0.05, 0.1) is 11.6 Å². The third-order valence-corrected chi connectivity index (χ3v) is 3.62. The Morgan fingerprint density at radius 1 is 1.53 bits per heavy atom. The van der Waals surface area contributed by atoms with Gasteiger partial charge in [0.2, 0.25) is 0 Å². The first-order valence-electron chi connectivity index (χ1n) is 5.53. The van der Waals surface area contributed by atoms with Crippen LogP contribution in [0.4, 0.5) is 0 Å². The minimum Gasteiger partial charge on any atom is -0.488 e. The Kier molecular flexibility index (Phi) is 6.39. The molecule has 1 heterocycles. The Hall–Kier alpha value is -0.490. The molecule has 0 radical (unpaired) electrons. The van der Waals surface area contributed by atoms with Gasteiger partial charge < -0.3 is 14.8 Å². The van der Waals surface area contributed by atoms with E-state index in [4.69, 9.17) is 16.3 Å². The second kappa shape index (κ2) is 7.33. The number of benzene rings is 1. The van der Waals surface area contributed by atoms with Crippen molar-refractivity contribution in [3.05, 3.63) is 27.7 Å². The lowest BCUT2D eigenvalue weighted by molar-refractivity contribution is -0.142. The van der Waals surface area contributed by atoms with Crippen molar-refractivity contribution in [1.82, 2.24) is 5.32 Å². The third kappa shape index (κ3) is 4.24. The molecule has 0 spiro atoms. The van der Waals surface area contributed by atoms with Crippen LogP contribution in [0.1, 0.15) is 6.42 Å². The van der Waals surface area contributed by atoms with Gasteiger partial charge in [0.25, 0.3) is 0 Å². The monoisotopic (exact) mass is 369 g/mol. The first-order chi connectivity index (χ1) is 8.60. The Labute approximate surface area is 131 Å². The van der Waals surface area contributed by atoms with Crippen LogP contribution in [0.2, 0.25) is 5.02 Å². The summed E-state index contributed by atoms with van der Waals surface area (Å²) in [5.74, 6) is 0.466. The van der Waals surface area contributed by atoms with Crippen LogP contribution in [-0.4, -0.2) is 31.8 Å². The number of halogens is 3. The zero-order valence-corrected chi connectivity index (χ0v) is 13.3. The van der Waals surface area contributed by atoms with Crippen molar-refractivity contribution in [3.8, 4) is 5.75 Å². The highest BCUT2D eigenvalue weighted by molar-refractivity contribution is 9.10. The van der Waals surface area contributed by atoms with Crippen molar-refractivity contribution < 1.29 is 14.3 Å². The molecule has 1 aromatic rings. The minimum atomic E-state index is -0.286. The van der Waals surface area contributed by atoms with Crippen LogP contribution in [0, 0.1) is 0 Å². The van der Waals surface area contributed by atoms with Gasteiger partial charge >= 0.3 is 5.97 Å². The van der Waals surface area contributed by atoms with E-state index in [1.807, 2.05) is 0 Å². The molecule has 0 aromatic heterocycles. The van der Waals surface area contributed by atoms with E-state index in [1.54, 1.807) is 18.2 Å². The lowest BCUT2D eigenvalue weighted by Gasteiger charge is -2.14. The predicted octanol–water partition coefficient (Wildman–Crippen LogP) is 2.81. The highest BCUT2D eigenvalue weighted by Crippen LogP contribution is 2.29. The number of nitrogens with one attached hydrogen (secondary N) is 1. The Morgan fingerprint density at radius 2 is 2.26 bits per heavy atom. The Morgan fingerprint density at radius 3 is 2.89 bits per heavy atom. The average Bonchev–Trinajstić information content (AvgIpc) is 2.80. The van der Waals surface area contributed by atoms with Gasteiger partial charge in [-0.3, -0.25) is 4.79 Å². The van der Waals surface area contributed by atoms with E-state index in [0.29, 0.717) is 18.0 Å². The number of methoxy groups -OCH3 is 1. The third-order valence-electron chi connectivity index (χ3n) is 2.76. The molecular weight excluding hydrogens is 357 g/mol. The van der Waals surface area contributed by atoms with Gasteiger partial charge in [0.1, 0.15) is 17.9 Å². The number of rotatable bonds is 3. The number of esters is 1. The number of carbonyl (C=O) groups is 1. The van der Waals surface area contributed by atoms with Gasteiger partial charge in [-0.15, -0.1) is 12.4 Å². The van der Waals surface area contributed by atoms with E-state index in [-0.39, 0.29) is 30.5 Å². The van der Waals surface area contributed by atoms with Gasteiger partial charge in [-0.1, -0.05) is 11.6 Å². The smallest absolute Gasteiger partial charge is 0.323 e. The molecule has 0 amide bonds. The van der Waals surface area contributed by atoms with Crippen molar-refractivity contribution in [2.24, 2.45) is 0 Å². The van der Waals surface area contributed by atoms with Crippen LogP contribution in [0.3, 0.4) is 0 Å². The standard InChI is InChI=1S/C12H13BrClNO3.ClH/c1-17-12(16)10-5-8(6-15-10)18-11-3-2-7(14)4-9(11)13;/h2-4,8,10,15H,5-6H2,1H3;1H/t8-,10-;/m0./s1. The number of hydrogen-bond acceptors (Lipinski definition) is 4. The summed E-state index contributed by atoms with van der Waals surface area (Å²) in [4.78, 5) is 11.4. The van der Waals surface area contributed by atoms with Crippen LogP contribution in [0.25, 0.3) is 0 Å². The molecule has 1 aliphatic heterocycles.